The highest BCUT2D eigenvalue weighted by atomic mass is 79.9. The van der Waals surface area contributed by atoms with Crippen LogP contribution in [0.1, 0.15) is 25.7 Å². The molecule has 0 aliphatic heterocycles. The first-order valence-electron chi connectivity index (χ1n) is 5.95. The van der Waals surface area contributed by atoms with Gasteiger partial charge in [-0.15, -0.1) is 0 Å². The number of halogens is 2. The molecule has 1 aliphatic carbocycles. The molecule has 2 rings (SSSR count). The molecule has 4 nitrogen and oxygen atoms in total. The number of carbonyl (C=O) groups is 1. The van der Waals surface area contributed by atoms with Gasteiger partial charge in [0.25, 0.3) is 0 Å². The average Bonchev–Trinajstić information content (AvgIpc) is 2.34. The Morgan fingerprint density at radius 3 is 2.94 bits per heavy atom. The lowest BCUT2D eigenvalue weighted by atomic mass is 9.84. The zero-order chi connectivity index (χ0) is 13.1. The van der Waals surface area contributed by atoms with Crippen LogP contribution in [0.5, 0.6) is 0 Å². The van der Waals surface area contributed by atoms with Gasteiger partial charge in [0, 0.05) is 16.7 Å². The van der Waals surface area contributed by atoms with E-state index < -0.39 is 0 Å². The lowest BCUT2D eigenvalue weighted by Crippen LogP contribution is -2.40. The van der Waals surface area contributed by atoms with Gasteiger partial charge in [0.05, 0.1) is 11.6 Å². The molecule has 6 heteroatoms. The summed E-state index contributed by atoms with van der Waals surface area (Å²) in [4.78, 5) is 16.1. The van der Waals surface area contributed by atoms with E-state index in [4.69, 9.17) is 17.3 Å². The monoisotopic (exact) mass is 331 g/mol. The third-order valence-electron chi connectivity index (χ3n) is 3.22. The van der Waals surface area contributed by atoms with Crippen LogP contribution in [0.4, 0.5) is 5.69 Å². The molecule has 1 aromatic rings. The molecule has 1 fully saturated rings. The summed E-state index contributed by atoms with van der Waals surface area (Å²) < 4.78 is 0.773. The van der Waals surface area contributed by atoms with Gasteiger partial charge >= 0.3 is 0 Å². The number of pyridine rings is 1. The third kappa shape index (κ3) is 3.22. The predicted molar refractivity (Wildman–Crippen MR) is 75.5 cm³/mol. The van der Waals surface area contributed by atoms with Crippen LogP contribution in [0, 0.1) is 5.92 Å². The summed E-state index contributed by atoms with van der Waals surface area (Å²) in [6.07, 6.45) is 5.49. The van der Waals surface area contributed by atoms with Crippen LogP contribution in [0.15, 0.2) is 16.7 Å². The molecular weight excluding hydrogens is 318 g/mol. The van der Waals surface area contributed by atoms with Gasteiger partial charge in [-0.3, -0.25) is 4.79 Å². The maximum atomic E-state index is 12.1. The summed E-state index contributed by atoms with van der Waals surface area (Å²) in [5.41, 5.74) is 6.50. The van der Waals surface area contributed by atoms with Crippen molar-refractivity contribution < 1.29 is 4.79 Å². The third-order valence-corrected chi connectivity index (χ3v) is 3.95. The highest BCUT2D eigenvalue weighted by Crippen LogP contribution is 2.27. The fourth-order valence-electron chi connectivity index (χ4n) is 2.22. The van der Waals surface area contributed by atoms with E-state index in [1.165, 1.54) is 0 Å². The van der Waals surface area contributed by atoms with E-state index in [9.17, 15) is 4.79 Å². The molecule has 3 N–H and O–H groups in total. The number of aromatic nitrogens is 1. The van der Waals surface area contributed by atoms with Crippen LogP contribution in [-0.4, -0.2) is 16.9 Å². The van der Waals surface area contributed by atoms with Crippen molar-refractivity contribution >= 4 is 39.1 Å². The Morgan fingerprint density at radius 2 is 2.22 bits per heavy atom. The molecule has 18 heavy (non-hydrogen) atoms. The zero-order valence-electron chi connectivity index (χ0n) is 9.83. The first kappa shape index (κ1) is 13.8. The molecule has 0 radical (unpaired) electrons. The first-order valence-corrected chi connectivity index (χ1v) is 7.12. The Balaban J connectivity index is 2.08. The van der Waals surface area contributed by atoms with Gasteiger partial charge in [0.1, 0.15) is 0 Å². The Labute approximate surface area is 119 Å². The molecule has 0 aromatic carbocycles. The van der Waals surface area contributed by atoms with Crippen molar-refractivity contribution in [3.63, 3.8) is 0 Å². The van der Waals surface area contributed by atoms with Gasteiger partial charge in [0.15, 0.2) is 5.15 Å². The SMILES string of the molecule is NC1CCCCC1C(=O)Nc1cc(Br)cnc1Cl. The van der Waals surface area contributed by atoms with E-state index in [0.29, 0.717) is 5.69 Å². The minimum atomic E-state index is -0.131. The highest BCUT2D eigenvalue weighted by molar-refractivity contribution is 9.10. The van der Waals surface area contributed by atoms with Gasteiger partial charge in [0.2, 0.25) is 5.91 Å². The van der Waals surface area contributed by atoms with Crippen LogP contribution in [0.3, 0.4) is 0 Å². The molecule has 1 saturated carbocycles. The van der Waals surface area contributed by atoms with Crippen LogP contribution in [-0.2, 0) is 4.79 Å². The van der Waals surface area contributed by atoms with Crippen LogP contribution >= 0.6 is 27.5 Å². The average molecular weight is 333 g/mol. The van der Waals surface area contributed by atoms with Crippen molar-refractivity contribution in [2.24, 2.45) is 11.7 Å². The minimum Gasteiger partial charge on any atom is -0.327 e. The lowest BCUT2D eigenvalue weighted by molar-refractivity contribution is -0.121. The van der Waals surface area contributed by atoms with Crippen molar-refractivity contribution in [1.82, 2.24) is 4.98 Å². The Kier molecular flexibility index (Phi) is 4.59. The van der Waals surface area contributed by atoms with Gasteiger partial charge in [-0.2, -0.15) is 0 Å². The second kappa shape index (κ2) is 5.99. The minimum absolute atomic E-state index is 0.0577. The van der Waals surface area contributed by atoms with Crippen molar-refractivity contribution in [1.29, 1.82) is 0 Å². The second-order valence-electron chi connectivity index (χ2n) is 4.54. The molecule has 2 atom stereocenters. The fourth-order valence-corrected chi connectivity index (χ4v) is 2.70. The maximum absolute atomic E-state index is 12.1. The van der Waals surface area contributed by atoms with Crippen molar-refractivity contribution in [3.05, 3.63) is 21.9 Å². The quantitative estimate of drug-likeness (QED) is 0.818. The van der Waals surface area contributed by atoms with Gasteiger partial charge in [-0.1, -0.05) is 24.4 Å². The van der Waals surface area contributed by atoms with E-state index in [1.807, 2.05) is 0 Å². The fraction of sp³-hybridized carbons (Fsp3) is 0.500. The van der Waals surface area contributed by atoms with Crippen LogP contribution < -0.4 is 11.1 Å². The van der Waals surface area contributed by atoms with E-state index >= 15 is 0 Å². The number of anilines is 1. The summed E-state index contributed by atoms with van der Waals surface area (Å²) in [6.45, 7) is 0. The number of nitrogens with zero attached hydrogens (tertiary/aromatic N) is 1. The standard InChI is InChI=1S/C12H15BrClN3O/c13-7-5-10(11(14)16-6-7)17-12(18)8-3-1-2-4-9(8)15/h5-6,8-9H,1-4,15H2,(H,17,18). The summed E-state index contributed by atoms with van der Waals surface area (Å²) >= 11 is 9.23. The topological polar surface area (TPSA) is 68.0 Å². The molecule has 98 valence electrons. The molecule has 1 heterocycles. The summed E-state index contributed by atoms with van der Waals surface area (Å²) in [6, 6.07) is 1.68. The van der Waals surface area contributed by atoms with Crippen LogP contribution in [0.25, 0.3) is 0 Å². The summed E-state index contributed by atoms with van der Waals surface area (Å²) in [7, 11) is 0. The number of rotatable bonds is 2. The largest absolute Gasteiger partial charge is 0.327 e. The van der Waals surface area contributed by atoms with Gasteiger partial charge in [-0.25, -0.2) is 4.98 Å². The number of carbonyl (C=O) groups excluding carboxylic acids is 1. The normalized spacial score (nSPS) is 23.7. The number of nitrogens with one attached hydrogen (secondary N) is 1. The molecule has 2 unspecified atom stereocenters. The van der Waals surface area contributed by atoms with Crippen molar-refractivity contribution in [2.45, 2.75) is 31.7 Å². The first-order chi connectivity index (χ1) is 8.58. The second-order valence-corrected chi connectivity index (χ2v) is 5.81. The predicted octanol–water partition coefficient (Wildman–Crippen LogP) is 2.95. The van der Waals surface area contributed by atoms with E-state index in [2.05, 4.69) is 26.2 Å². The molecular formula is C12H15BrClN3O. The van der Waals surface area contributed by atoms with E-state index in [0.717, 1.165) is 30.2 Å². The molecule has 0 spiro atoms. The van der Waals surface area contributed by atoms with Gasteiger partial charge in [-0.05, 0) is 34.8 Å². The van der Waals surface area contributed by atoms with Crippen LogP contribution in [0.2, 0.25) is 5.15 Å². The number of hydrogen-bond donors (Lipinski definition) is 2. The molecule has 1 amide bonds. The summed E-state index contributed by atoms with van der Waals surface area (Å²) in [5.74, 6) is -0.196. The number of amides is 1. The van der Waals surface area contributed by atoms with E-state index in [1.54, 1.807) is 12.3 Å². The van der Waals surface area contributed by atoms with E-state index in [-0.39, 0.29) is 23.0 Å². The van der Waals surface area contributed by atoms with Crippen molar-refractivity contribution in [3.8, 4) is 0 Å². The van der Waals surface area contributed by atoms with Gasteiger partial charge < -0.3 is 11.1 Å². The Morgan fingerprint density at radius 1 is 1.50 bits per heavy atom. The maximum Gasteiger partial charge on any atom is 0.229 e. The number of nitrogens with two attached hydrogens (primary N) is 1. The Hall–Kier alpha value is -0.650. The lowest BCUT2D eigenvalue weighted by Gasteiger charge is -2.27. The molecule has 0 saturated heterocycles. The van der Waals surface area contributed by atoms with Crippen molar-refractivity contribution in [2.75, 3.05) is 5.32 Å². The number of hydrogen-bond acceptors (Lipinski definition) is 3. The summed E-state index contributed by atoms with van der Waals surface area (Å²) in [5, 5.41) is 3.10. The molecule has 1 aliphatic rings. The highest BCUT2D eigenvalue weighted by Gasteiger charge is 2.28. The Bertz CT molecular complexity index is 455. The smallest absolute Gasteiger partial charge is 0.229 e. The molecule has 1 aromatic heterocycles. The molecule has 0 bridgehead atoms. The zero-order valence-corrected chi connectivity index (χ0v) is 12.2.